The number of nitrogens with zero attached hydrogens (tertiary/aromatic N) is 1. The van der Waals surface area contributed by atoms with Gasteiger partial charge in [-0.05, 0) is 26.7 Å². The molecule has 14 heteroatoms. The Bertz CT molecular complexity index is 568. The number of hydrogen-bond acceptors (Lipinski definition) is 1. The maximum Gasteiger partial charge on any atom is 0.392 e. The van der Waals surface area contributed by atoms with Crippen LogP contribution < -0.4 is 0 Å². The second-order valence-corrected chi connectivity index (χ2v) is 6.45. The molecular formula is C15H19F12NO. The summed E-state index contributed by atoms with van der Waals surface area (Å²) in [6.45, 7) is 4.73. The van der Waals surface area contributed by atoms with Crippen molar-refractivity contribution < 1.29 is 57.5 Å². The van der Waals surface area contributed by atoms with E-state index in [1.807, 2.05) is 0 Å². The van der Waals surface area contributed by atoms with Gasteiger partial charge in [0, 0.05) is 12.1 Å². The maximum absolute atomic E-state index is 14.1. The van der Waals surface area contributed by atoms with E-state index in [4.69, 9.17) is 0 Å². The molecule has 0 bridgehead atoms. The summed E-state index contributed by atoms with van der Waals surface area (Å²) in [5.41, 5.74) is 0. The second-order valence-electron chi connectivity index (χ2n) is 6.45. The van der Waals surface area contributed by atoms with Gasteiger partial charge in [0.15, 0.2) is 0 Å². The van der Waals surface area contributed by atoms with Crippen molar-refractivity contribution in [2.24, 2.45) is 0 Å². The molecule has 0 fully saturated rings. The molecule has 174 valence electrons. The van der Waals surface area contributed by atoms with Gasteiger partial charge in [-0.2, -0.15) is 43.9 Å². The first-order chi connectivity index (χ1) is 12.7. The van der Waals surface area contributed by atoms with Gasteiger partial charge in [-0.25, -0.2) is 8.78 Å². The van der Waals surface area contributed by atoms with Crippen molar-refractivity contribution in [3.8, 4) is 0 Å². The molecule has 0 aliphatic rings. The molecule has 0 saturated carbocycles. The monoisotopic (exact) mass is 457 g/mol. The zero-order valence-corrected chi connectivity index (χ0v) is 15.5. The number of alkyl halides is 12. The Kier molecular flexibility index (Phi) is 8.00. The Morgan fingerprint density at radius 1 is 0.724 bits per heavy atom. The molecule has 2 unspecified atom stereocenters. The van der Waals surface area contributed by atoms with Gasteiger partial charge in [0.05, 0.1) is 0 Å². The van der Waals surface area contributed by atoms with Crippen LogP contribution in [0.25, 0.3) is 0 Å². The summed E-state index contributed by atoms with van der Waals surface area (Å²) >= 11 is 0. The lowest BCUT2D eigenvalue weighted by Gasteiger charge is -2.42. The van der Waals surface area contributed by atoms with Crippen LogP contribution in [0.4, 0.5) is 52.7 Å². The molecule has 2 atom stereocenters. The van der Waals surface area contributed by atoms with Crippen molar-refractivity contribution >= 4 is 5.91 Å². The van der Waals surface area contributed by atoms with E-state index < -0.39 is 54.0 Å². The van der Waals surface area contributed by atoms with Crippen molar-refractivity contribution in [1.82, 2.24) is 4.90 Å². The van der Waals surface area contributed by atoms with E-state index >= 15 is 0 Å². The summed E-state index contributed by atoms with van der Waals surface area (Å²) in [7, 11) is 0. The van der Waals surface area contributed by atoms with Gasteiger partial charge < -0.3 is 4.90 Å². The van der Waals surface area contributed by atoms with Crippen LogP contribution in [-0.2, 0) is 4.79 Å². The molecule has 0 saturated heterocycles. The quantitative estimate of drug-likeness (QED) is 0.377. The largest absolute Gasteiger partial charge is 0.392 e. The van der Waals surface area contributed by atoms with Gasteiger partial charge in [0.25, 0.3) is 5.91 Å². The highest BCUT2D eigenvalue weighted by molar-refractivity contribution is 5.85. The summed E-state index contributed by atoms with van der Waals surface area (Å²) in [5.74, 6) is -39.5. The molecule has 0 aromatic carbocycles. The predicted molar refractivity (Wildman–Crippen MR) is 77.1 cm³/mol. The van der Waals surface area contributed by atoms with Gasteiger partial charge in [0.2, 0.25) is 0 Å². The van der Waals surface area contributed by atoms with Crippen LogP contribution in [0.3, 0.4) is 0 Å². The molecule has 0 aliphatic heterocycles. The average Bonchev–Trinajstić information content (AvgIpc) is 2.60. The maximum atomic E-state index is 14.1. The lowest BCUT2D eigenvalue weighted by molar-refractivity contribution is -0.407. The molecule has 0 aliphatic carbocycles. The normalized spacial score (nSPS) is 16.7. The standard InChI is InChI=1S/C15H19F12NO/c1-5-7(3)28(8(4)6-2)10(29)12(20,21)14(24,25)15(26,27)13(22,23)11(18,19)9(16)17/h7-9H,5-6H2,1-4H3. The van der Waals surface area contributed by atoms with Gasteiger partial charge in [-0.1, -0.05) is 13.8 Å². The Morgan fingerprint density at radius 2 is 1.07 bits per heavy atom. The Morgan fingerprint density at radius 3 is 1.34 bits per heavy atom. The third-order valence-corrected chi connectivity index (χ3v) is 4.51. The Labute approximate surface area is 158 Å². The predicted octanol–water partition coefficient (Wildman–Crippen LogP) is 5.85. The molecule has 1 amide bonds. The fourth-order valence-corrected chi connectivity index (χ4v) is 2.27. The van der Waals surface area contributed by atoms with E-state index in [2.05, 4.69) is 0 Å². The van der Waals surface area contributed by atoms with Crippen LogP contribution in [0.2, 0.25) is 0 Å². The summed E-state index contributed by atoms with van der Waals surface area (Å²) in [6, 6.07) is -2.51. The van der Waals surface area contributed by atoms with Crippen LogP contribution in [0.5, 0.6) is 0 Å². The van der Waals surface area contributed by atoms with Gasteiger partial charge in [-0.15, -0.1) is 0 Å². The highest BCUT2D eigenvalue weighted by Gasteiger charge is 2.89. The topological polar surface area (TPSA) is 20.3 Å². The van der Waals surface area contributed by atoms with E-state index in [1.54, 1.807) is 0 Å². The molecule has 2 nitrogen and oxygen atoms in total. The molecule has 0 radical (unpaired) electrons. The summed E-state index contributed by atoms with van der Waals surface area (Å²) in [6.07, 6.45) is -5.87. The molecule has 0 spiro atoms. The van der Waals surface area contributed by atoms with Gasteiger partial charge in [-0.3, -0.25) is 4.79 Å². The minimum Gasteiger partial charge on any atom is -0.332 e. The van der Waals surface area contributed by atoms with Crippen molar-refractivity contribution in [2.45, 2.75) is 88.7 Å². The van der Waals surface area contributed by atoms with E-state index in [0.29, 0.717) is 0 Å². The van der Waals surface area contributed by atoms with E-state index in [-0.39, 0.29) is 17.7 Å². The number of carbonyl (C=O) groups is 1. The zero-order valence-electron chi connectivity index (χ0n) is 15.5. The molecular weight excluding hydrogens is 438 g/mol. The molecule has 0 aromatic rings. The molecule has 0 aromatic heterocycles. The SMILES string of the molecule is CCC(C)N(C(=O)C(F)(F)C(F)(F)C(F)(F)C(F)(F)C(F)(F)C(F)F)C(C)CC. The number of hydrogen-bond donors (Lipinski definition) is 0. The first kappa shape index (κ1) is 27.6. The average molecular weight is 457 g/mol. The van der Waals surface area contributed by atoms with Crippen LogP contribution in [-0.4, -0.2) is 58.9 Å². The van der Waals surface area contributed by atoms with Crippen molar-refractivity contribution in [3.05, 3.63) is 0 Å². The summed E-state index contributed by atoms with van der Waals surface area (Å²) < 4.78 is 159. The van der Waals surface area contributed by atoms with Crippen LogP contribution in [0.15, 0.2) is 0 Å². The smallest absolute Gasteiger partial charge is 0.332 e. The Hall–Kier alpha value is -1.37. The lowest BCUT2D eigenvalue weighted by Crippen LogP contribution is -2.71. The van der Waals surface area contributed by atoms with Crippen LogP contribution >= 0.6 is 0 Å². The molecule has 0 rings (SSSR count). The van der Waals surface area contributed by atoms with Crippen molar-refractivity contribution in [1.29, 1.82) is 0 Å². The highest BCUT2D eigenvalue weighted by atomic mass is 19.4. The Balaban J connectivity index is 6.47. The number of rotatable bonds is 10. The van der Waals surface area contributed by atoms with Crippen LogP contribution in [0, 0.1) is 0 Å². The third-order valence-electron chi connectivity index (χ3n) is 4.51. The fourth-order valence-electron chi connectivity index (χ4n) is 2.27. The lowest BCUT2D eigenvalue weighted by atomic mass is 9.93. The fraction of sp³-hybridized carbons (Fsp3) is 0.933. The number of halogens is 12. The van der Waals surface area contributed by atoms with E-state index in [9.17, 15) is 57.5 Å². The third kappa shape index (κ3) is 4.12. The highest BCUT2D eigenvalue weighted by Crippen LogP contribution is 2.58. The van der Waals surface area contributed by atoms with E-state index in [1.165, 1.54) is 13.8 Å². The first-order valence-electron chi connectivity index (χ1n) is 8.19. The molecule has 0 N–H and O–H groups in total. The van der Waals surface area contributed by atoms with Gasteiger partial charge in [0.1, 0.15) is 0 Å². The van der Waals surface area contributed by atoms with Gasteiger partial charge >= 0.3 is 36.0 Å². The minimum atomic E-state index is -7.71. The van der Waals surface area contributed by atoms with Crippen molar-refractivity contribution in [2.75, 3.05) is 0 Å². The summed E-state index contributed by atoms with van der Waals surface area (Å²) in [4.78, 5) is 12.0. The van der Waals surface area contributed by atoms with E-state index in [0.717, 1.165) is 13.8 Å². The minimum absolute atomic E-state index is 0.0351. The number of carbonyl (C=O) groups excluding carboxylic acids is 1. The van der Waals surface area contributed by atoms with Crippen molar-refractivity contribution in [3.63, 3.8) is 0 Å². The summed E-state index contributed by atoms with van der Waals surface area (Å²) in [5, 5.41) is 0. The molecule has 29 heavy (non-hydrogen) atoms. The second kappa shape index (κ2) is 8.40. The zero-order chi connectivity index (χ0) is 23.8. The van der Waals surface area contributed by atoms with Crippen LogP contribution in [0.1, 0.15) is 40.5 Å². The first-order valence-corrected chi connectivity index (χ1v) is 8.19. The molecule has 0 heterocycles. The number of amides is 1.